The summed E-state index contributed by atoms with van der Waals surface area (Å²) in [4.78, 5) is 16.4. The molecule has 0 saturated carbocycles. The highest BCUT2D eigenvalue weighted by atomic mass is 35.5. The van der Waals surface area contributed by atoms with Crippen LogP contribution in [0.4, 0.5) is 5.95 Å². The molecule has 25 heavy (non-hydrogen) atoms. The van der Waals surface area contributed by atoms with E-state index in [4.69, 9.17) is 17.3 Å². The Morgan fingerprint density at radius 1 is 1.16 bits per heavy atom. The van der Waals surface area contributed by atoms with Crippen LogP contribution in [0.1, 0.15) is 29.3 Å². The highest BCUT2D eigenvalue weighted by molar-refractivity contribution is 6.30. The van der Waals surface area contributed by atoms with Gasteiger partial charge in [0.2, 0.25) is 11.9 Å². The molecule has 3 rings (SSSR count). The maximum Gasteiger partial charge on any atom is 0.239 e. The molecule has 1 aromatic heterocycles. The van der Waals surface area contributed by atoms with E-state index in [-0.39, 0.29) is 24.3 Å². The highest BCUT2D eigenvalue weighted by Crippen LogP contribution is 2.29. The van der Waals surface area contributed by atoms with Gasteiger partial charge in [-0.15, -0.1) is 5.10 Å². The fraction of sp³-hybridized carbons (Fsp3) is 0.167. The lowest BCUT2D eigenvalue weighted by Gasteiger charge is -2.18. The minimum atomic E-state index is -0.0937. The smallest absolute Gasteiger partial charge is 0.239 e. The maximum atomic E-state index is 12.4. The van der Waals surface area contributed by atoms with Crippen molar-refractivity contribution in [3.8, 4) is 0 Å². The van der Waals surface area contributed by atoms with E-state index in [0.29, 0.717) is 17.3 Å². The summed E-state index contributed by atoms with van der Waals surface area (Å²) in [6.45, 7) is 0.250. The Morgan fingerprint density at radius 2 is 1.92 bits per heavy atom. The number of nitrogens with two attached hydrogens (primary N) is 1. The second-order valence-electron chi connectivity index (χ2n) is 5.64. The predicted molar refractivity (Wildman–Crippen MR) is 97.0 cm³/mol. The predicted octanol–water partition coefficient (Wildman–Crippen LogP) is 2.88. The number of hydrogen-bond acceptors (Lipinski definition) is 4. The van der Waals surface area contributed by atoms with E-state index >= 15 is 0 Å². The lowest BCUT2D eigenvalue weighted by Crippen LogP contribution is -2.25. The van der Waals surface area contributed by atoms with Crippen molar-refractivity contribution in [2.24, 2.45) is 0 Å². The topological polar surface area (TPSA) is 96.7 Å². The molecule has 0 spiro atoms. The van der Waals surface area contributed by atoms with Gasteiger partial charge in [-0.2, -0.15) is 4.98 Å². The summed E-state index contributed by atoms with van der Waals surface area (Å²) in [7, 11) is 0. The molecule has 1 atom stereocenters. The SMILES string of the molecule is Nc1n[nH]c(CNC(=O)CC(c2ccccc2)c2cccc(Cl)c2)n1. The molecule has 0 aliphatic rings. The largest absolute Gasteiger partial charge is 0.367 e. The fourth-order valence-corrected chi connectivity index (χ4v) is 2.86. The third-order valence-electron chi connectivity index (χ3n) is 3.84. The third-order valence-corrected chi connectivity index (χ3v) is 4.08. The van der Waals surface area contributed by atoms with Crippen LogP contribution in [0.2, 0.25) is 5.02 Å². The Labute approximate surface area is 150 Å². The van der Waals surface area contributed by atoms with Crippen LogP contribution in [0.25, 0.3) is 0 Å². The first-order valence-electron chi connectivity index (χ1n) is 7.85. The van der Waals surface area contributed by atoms with Crippen LogP contribution < -0.4 is 11.1 Å². The number of aromatic amines is 1. The second-order valence-corrected chi connectivity index (χ2v) is 6.08. The molecule has 6 nitrogen and oxygen atoms in total. The van der Waals surface area contributed by atoms with Crippen LogP contribution >= 0.6 is 11.6 Å². The van der Waals surface area contributed by atoms with Crippen molar-refractivity contribution in [1.29, 1.82) is 0 Å². The molecule has 3 aromatic rings. The molecule has 0 saturated heterocycles. The maximum absolute atomic E-state index is 12.4. The van der Waals surface area contributed by atoms with Gasteiger partial charge in [-0.05, 0) is 23.3 Å². The molecular weight excluding hydrogens is 338 g/mol. The zero-order chi connectivity index (χ0) is 17.6. The van der Waals surface area contributed by atoms with Crippen molar-refractivity contribution in [1.82, 2.24) is 20.5 Å². The van der Waals surface area contributed by atoms with Gasteiger partial charge in [0.15, 0.2) is 0 Å². The van der Waals surface area contributed by atoms with Gasteiger partial charge in [0, 0.05) is 17.4 Å². The zero-order valence-corrected chi connectivity index (χ0v) is 14.2. The van der Waals surface area contributed by atoms with E-state index in [1.807, 2.05) is 54.6 Å². The summed E-state index contributed by atoms with van der Waals surface area (Å²) < 4.78 is 0. The Kier molecular flexibility index (Phi) is 5.30. The van der Waals surface area contributed by atoms with Crippen molar-refractivity contribution in [3.63, 3.8) is 0 Å². The van der Waals surface area contributed by atoms with E-state index in [2.05, 4.69) is 20.5 Å². The average Bonchev–Trinajstić information content (AvgIpc) is 3.04. The van der Waals surface area contributed by atoms with Crippen molar-refractivity contribution in [2.45, 2.75) is 18.9 Å². The summed E-state index contributed by atoms with van der Waals surface area (Å²) in [6, 6.07) is 17.5. The van der Waals surface area contributed by atoms with Crippen molar-refractivity contribution >= 4 is 23.5 Å². The van der Waals surface area contributed by atoms with Gasteiger partial charge in [0.1, 0.15) is 5.82 Å². The minimum absolute atomic E-state index is 0.0836. The second kappa shape index (κ2) is 7.81. The molecule has 0 aliphatic heterocycles. The highest BCUT2D eigenvalue weighted by Gasteiger charge is 2.18. The molecule has 7 heteroatoms. The fourth-order valence-electron chi connectivity index (χ4n) is 2.67. The molecule has 1 unspecified atom stereocenters. The van der Waals surface area contributed by atoms with Gasteiger partial charge in [0.05, 0.1) is 6.54 Å². The molecular formula is C18H18ClN5O. The number of rotatable bonds is 6. The number of nitrogens with zero attached hydrogens (tertiary/aromatic N) is 2. The monoisotopic (exact) mass is 355 g/mol. The Bertz CT molecular complexity index is 849. The van der Waals surface area contributed by atoms with Crippen LogP contribution in [0.5, 0.6) is 0 Å². The molecule has 4 N–H and O–H groups in total. The summed E-state index contributed by atoms with van der Waals surface area (Å²) >= 11 is 6.12. The molecule has 1 heterocycles. The van der Waals surface area contributed by atoms with Crippen LogP contribution in [0.15, 0.2) is 54.6 Å². The quantitative estimate of drug-likeness (QED) is 0.633. The van der Waals surface area contributed by atoms with Gasteiger partial charge in [-0.3, -0.25) is 9.89 Å². The van der Waals surface area contributed by atoms with E-state index in [1.54, 1.807) is 0 Å². The first-order valence-corrected chi connectivity index (χ1v) is 8.23. The van der Waals surface area contributed by atoms with Gasteiger partial charge >= 0.3 is 0 Å². The number of carbonyl (C=O) groups excluding carboxylic acids is 1. The Hall–Kier alpha value is -2.86. The molecule has 1 amide bonds. The van der Waals surface area contributed by atoms with Gasteiger partial charge in [0.25, 0.3) is 0 Å². The number of benzene rings is 2. The average molecular weight is 356 g/mol. The summed E-state index contributed by atoms with van der Waals surface area (Å²) in [6.07, 6.45) is 0.300. The molecule has 0 bridgehead atoms. The van der Waals surface area contributed by atoms with E-state index in [0.717, 1.165) is 11.1 Å². The van der Waals surface area contributed by atoms with E-state index in [1.165, 1.54) is 0 Å². The van der Waals surface area contributed by atoms with Gasteiger partial charge < -0.3 is 11.1 Å². The lowest BCUT2D eigenvalue weighted by atomic mass is 9.88. The first-order chi connectivity index (χ1) is 12.1. The van der Waals surface area contributed by atoms with Crippen LogP contribution in [0, 0.1) is 0 Å². The number of halogens is 1. The lowest BCUT2D eigenvalue weighted by molar-refractivity contribution is -0.121. The summed E-state index contributed by atoms with van der Waals surface area (Å²) in [5.74, 6) is 0.499. The molecule has 2 aromatic carbocycles. The van der Waals surface area contributed by atoms with Crippen LogP contribution in [0.3, 0.4) is 0 Å². The number of anilines is 1. The van der Waals surface area contributed by atoms with Gasteiger partial charge in [-0.25, -0.2) is 0 Å². The normalized spacial score (nSPS) is 11.9. The number of nitrogen functional groups attached to an aromatic ring is 1. The number of H-pyrrole nitrogens is 1. The molecule has 0 fully saturated rings. The molecule has 0 aliphatic carbocycles. The third kappa shape index (κ3) is 4.58. The van der Waals surface area contributed by atoms with Crippen LogP contribution in [-0.4, -0.2) is 21.1 Å². The number of amides is 1. The number of carbonyl (C=O) groups is 1. The Balaban J connectivity index is 1.74. The van der Waals surface area contributed by atoms with Gasteiger partial charge in [-0.1, -0.05) is 54.1 Å². The number of aromatic nitrogens is 3. The molecule has 128 valence electrons. The van der Waals surface area contributed by atoms with Crippen LogP contribution in [-0.2, 0) is 11.3 Å². The first kappa shape index (κ1) is 17.0. The summed E-state index contributed by atoms with van der Waals surface area (Å²) in [5, 5.41) is 9.89. The number of nitrogens with one attached hydrogen (secondary N) is 2. The van der Waals surface area contributed by atoms with E-state index in [9.17, 15) is 4.79 Å². The van der Waals surface area contributed by atoms with E-state index < -0.39 is 0 Å². The van der Waals surface area contributed by atoms with Crippen molar-refractivity contribution in [2.75, 3.05) is 5.73 Å². The standard InChI is InChI=1S/C18H18ClN5O/c19-14-8-4-7-13(9-14)15(12-5-2-1-3-6-12)10-17(25)21-11-16-22-18(20)24-23-16/h1-9,15H,10-11H2,(H,21,25)(H3,20,22,23,24). The van der Waals surface area contributed by atoms with Crippen molar-refractivity contribution in [3.05, 3.63) is 76.6 Å². The molecule has 0 radical (unpaired) electrons. The zero-order valence-electron chi connectivity index (χ0n) is 13.4. The Morgan fingerprint density at radius 3 is 2.60 bits per heavy atom. The number of hydrogen-bond donors (Lipinski definition) is 3. The summed E-state index contributed by atoms with van der Waals surface area (Å²) in [5.41, 5.74) is 7.51. The van der Waals surface area contributed by atoms with Crippen molar-refractivity contribution < 1.29 is 4.79 Å². The minimum Gasteiger partial charge on any atom is -0.367 e.